The van der Waals surface area contributed by atoms with Gasteiger partial charge in [-0.2, -0.15) is 0 Å². The summed E-state index contributed by atoms with van der Waals surface area (Å²) in [6.07, 6.45) is 6.30. The molecule has 0 radical (unpaired) electrons. The molecule has 20 heavy (non-hydrogen) atoms. The molecule has 0 aromatic heterocycles. The van der Waals surface area contributed by atoms with Crippen molar-refractivity contribution < 1.29 is 13.9 Å². The third-order valence-corrected chi connectivity index (χ3v) is 3.64. The van der Waals surface area contributed by atoms with Gasteiger partial charge >= 0.3 is 0 Å². The number of halogens is 1. The van der Waals surface area contributed by atoms with Crippen molar-refractivity contribution in [3.8, 4) is 5.75 Å². The van der Waals surface area contributed by atoms with Crippen LogP contribution in [0.15, 0.2) is 24.3 Å². The van der Waals surface area contributed by atoms with Gasteiger partial charge in [0, 0.05) is 12.1 Å². The molecule has 3 nitrogen and oxygen atoms in total. The lowest BCUT2D eigenvalue weighted by Gasteiger charge is -2.10. The molecule has 1 N–H and O–H groups in total. The average molecular weight is 277 g/mol. The Morgan fingerprint density at radius 3 is 2.85 bits per heavy atom. The molecule has 108 valence electrons. The summed E-state index contributed by atoms with van der Waals surface area (Å²) >= 11 is 0. The van der Waals surface area contributed by atoms with Crippen molar-refractivity contribution in [2.45, 2.75) is 32.2 Å². The maximum Gasteiger partial charge on any atom is 0.244 e. The van der Waals surface area contributed by atoms with Crippen LogP contribution in [-0.2, 0) is 4.79 Å². The third kappa shape index (κ3) is 3.83. The van der Waals surface area contributed by atoms with E-state index in [1.54, 1.807) is 18.2 Å². The molecule has 2 rings (SSSR count). The van der Waals surface area contributed by atoms with E-state index >= 15 is 0 Å². The molecule has 0 aliphatic heterocycles. The number of carbonyl (C=O) groups excluding carboxylic acids is 1. The van der Waals surface area contributed by atoms with E-state index in [0.717, 1.165) is 12.8 Å². The molecule has 1 aromatic rings. The van der Waals surface area contributed by atoms with Crippen molar-refractivity contribution >= 4 is 12.0 Å². The third-order valence-electron chi connectivity index (χ3n) is 3.64. The number of ether oxygens (including phenoxy) is 1. The van der Waals surface area contributed by atoms with Crippen LogP contribution in [0.4, 0.5) is 4.39 Å². The lowest BCUT2D eigenvalue weighted by atomic mass is 10.1. The Hall–Kier alpha value is -1.84. The molecule has 2 atom stereocenters. The van der Waals surface area contributed by atoms with Crippen LogP contribution in [0.2, 0.25) is 0 Å². The summed E-state index contributed by atoms with van der Waals surface area (Å²) in [5.74, 6) is 0.325. The summed E-state index contributed by atoms with van der Waals surface area (Å²) < 4.78 is 18.3. The molecule has 1 aliphatic carbocycles. The molecule has 0 bridgehead atoms. The second-order valence-electron chi connectivity index (χ2n) is 5.35. The highest BCUT2D eigenvalue weighted by Gasteiger charge is 2.21. The van der Waals surface area contributed by atoms with Crippen LogP contribution in [0.25, 0.3) is 6.08 Å². The normalized spacial score (nSPS) is 22.1. The number of benzene rings is 1. The highest BCUT2D eigenvalue weighted by Crippen LogP contribution is 2.24. The first-order valence-corrected chi connectivity index (χ1v) is 6.90. The van der Waals surface area contributed by atoms with E-state index in [-0.39, 0.29) is 17.7 Å². The van der Waals surface area contributed by atoms with E-state index in [1.165, 1.54) is 25.7 Å². The molecule has 1 fully saturated rings. The van der Waals surface area contributed by atoms with Gasteiger partial charge in [-0.25, -0.2) is 4.39 Å². The fourth-order valence-electron chi connectivity index (χ4n) is 2.55. The molecule has 1 saturated carbocycles. The van der Waals surface area contributed by atoms with Crippen molar-refractivity contribution in [3.63, 3.8) is 0 Å². The molecule has 0 spiro atoms. The Morgan fingerprint density at radius 2 is 2.25 bits per heavy atom. The van der Waals surface area contributed by atoms with E-state index in [0.29, 0.717) is 11.5 Å². The predicted molar refractivity (Wildman–Crippen MR) is 76.9 cm³/mol. The molecular formula is C16H20FNO2. The van der Waals surface area contributed by atoms with Gasteiger partial charge in [-0.15, -0.1) is 0 Å². The highest BCUT2D eigenvalue weighted by molar-refractivity contribution is 5.91. The van der Waals surface area contributed by atoms with Gasteiger partial charge in [-0.05, 0) is 49.0 Å². The number of hydrogen-bond acceptors (Lipinski definition) is 2. The first-order chi connectivity index (χ1) is 9.58. The number of amides is 1. The van der Waals surface area contributed by atoms with Gasteiger partial charge < -0.3 is 10.1 Å². The molecular weight excluding hydrogens is 257 g/mol. The van der Waals surface area contributed by atoms with Gasteiger partial charge in [0.1, 0.15) is 0 Å². The molecule has 4 heteroatoms. The summed E-state index contributed by atoms with van der Waals surface area (Å²) in [6, 6.07) is 4.88. The summed E-state index contributed by atoms with van der Waals surface area (Å²) in [5, 5.41) is 2.97. The Balaban J connectivity index is 1.91. The topological polar surface area (TPSA) is 38.3 Å². The van der Waals surface area contributed by atoms with Gasteiger partial charge in [0.05, 0.1) is 7.11 Å². The predicted octanol–water partition coefficient (Wildman–Crippen LogP) is 3.15. The minimum atomic E-state index is -0.431. The largest absolute Gasteiger partial charge is 0.494 e. The number of hydrogen-bond donors (Lipinski definition) is 1. The minimum Gasteiger partial charge on any atom is -0.494 e. The standard InChI is InChI=1S/C16H20FNO2/c1-11-3-6-13(9-11)18-16(19)8-5-12-4-7-15(20-2)14(17)10-12/h4-5,7-8,10-11,13H,3,6,9H2,1-2H3,(H,18,19)/b8-5+. The summed E-state index contributed by atoms with van der Waals surface area (Å²) in [4.78, 5) is 11.8. The quantitative estimate of drug-likeness (QED) is 0.859. The Labute approximate surface area is 118 Å². The van der Waals surface area contributed by atoms with Crippen molar-refractivity contribution in [2.75, 3.05) is 7.11 Å². The monoisotopic (exact) mass is 277 g/mol. The van der Waals surface area contributed by atoms with Crippen molar-refractivity contribution in [2.24, 2.45) is 5.92 Å². The molecule has 2 unspecified atom stereocenters. The Morgan fingerprint density at radius 1 is 1.45 bits per heavy atom. The average Bonchev–Trinajstić information content (AvgIpc) is 2.82. The fraction of sp³-hybridized carbons (Fsp3) is 0.438. The maximum absolute atomic E-state index is 13.5. The zero-order chi connectivity index (χ0) is 14.5. The number of methoxy groups -OCH3 is 1. The number of rotatable bonds is 4. The lowest BCUT2D eigenvalue weighted by molar-refractivity contribution is -0.117. The van der Waals surface area contributed by atoms with Crippen LogP contribution < -0.4 is 10.1 Å². The summed E-state index contributed by atoms with van der Waals surface area (Å²) in [6.45, 7) is 2.20. The summed E-state index contributed by atoms with van der Waals surface area (Å²) in [5.41, 5.74) is 0.637. The van der Waals surface area contributed by atoms with E-state index in [2.05, 4.69) is 12.2 Å². The smallest absolute Gasteiger partial charge is 0.244 e. The van der Waals surface area contributed by atoms with Gasteiger partial charge in [-0.3, -0.25) is 4.79 Å². The lowest BCUT2D eigenvalue weighted by Crippen LogP contribution is -2.31. The molecule has 0 saturated heterocycles. The SMILES string of the molecule is COc1ccc(/C=C/C(=O)NC2CCC(C)C2)cc1F. The first-order valence-electron chi connectivity index (χ1n) is 6.90. The van der Waals surface area contributed by atoms with Crippen molar-refractivity contribution in [3.05, 3.63) is 35.7 Å². The van der Waals surface area contributed by atoms with Crippen LogP contribution in [-0.4, -0.2) is 19.1 Å². The molecule has 0 heterocycles. The minimum absolute atomic E-state index is 0.125. The fourth-order valence-corrected chi connectivity index (χ4v) is 2.55. The van der Waals surface area contributed by atoms with Crippen LogP contribution in [0, 0.1) is 11.7 Å². The molecule has 1 amide bonds. The second kappa shape index (κ2) is 6.55. The van der Waals surface area contributed by atoms with E-state index in [9.17, 15) is 9.18 Å². The second-order valence-corrected chi connectivity index (χ2v) is 5.35. The van der Waals surface area contributed by atoms with Gasteiger partial charge in [0.2, 0.25) is 5.91 Å². The van der Waals surface area contributed by atoms with Gasteiger partial charge in [0.25, 0.3) is 0 Å². The maximum atomic E-state index is 13.5. The van der Waals surface area contributed by atoms with E-state index < -0.39 is 5.82 Å². The molecule has 1 aliphatic rings. The van der Waals surface area contributed by atoms with Crippen molar-refractivity contribution in [1.29, 1.82) is 0 Å². The van der Waals surface area contributed by atoms with E-state index in [1.807, 2.05) is 0 Å². The Bertz CT molecular complexity index is 513. The number of carbonyl (C=O) groups is 1. The highest BCUT2D eigenvalue weighted by atomic mass is 19.1. The summed E-state index contributed by atoms with van der Waals surface area (Å²) in [7, 11) is 1.42. The van der Waals surface area contributed by atoms with Crippen LogP contribution >= 0.6 is 0 Å². The zero-order valence-electron chi connectivity index (χ0n) is 11.9. The van der Waals surface area contributed by atoms with Crippen LogP contribution in [0.5, 0.6) is 5.75 Å². The van der Waals surface area contributed by atoms with Crippen LogP contribution in [0.3, 0.4) is 0 Å². The van der Waals surface area contributed by atoms with Crippen LogP contribution in [0.1, 0.15) is 31.7 Å². The van der Waals surface area contributed by atoms with E-state index in [4.69, 9.17) is 4.74 Å². The van der Waals surface area contributed by atoms with Gasteiger partial charge in [0.15, 0.2) is 11.6 Å². The number of nitrogens with one attached hydrogen (secondary N) is 1. The zero-order valence-corrected chi connectivity index (χ0v) is 11.9. The van der Waals surface area contributed by atoms with Gasteiger partial charge in [-0.1, -0.05) is 13.0 Å². The first kappa shape index (κ1) is 14.6. The van der Waals surface area contributed by atoms with Crippen molar-refractivity contribution in [1.82, 2.24) is 5.32 Å². The Kier molecular flexibility index (Phi) is 4.77. The molecule has 1 aromatic carbocycles.